The van der Waals surface area contributed by atoms with Crippen molar-refractivity contribution in [3.05, 3.63) is 11.1 Å². The quantitative estimate of drug-likeness (QED) is 0.196. The van der Waals surface area contributed by atoms with Gasteiger partial charge in [-0.05, 0) is 26.2 Å². The van der Waals surface area contributed by atoms with E-state index in [-0.39, 0.29) is 11.9 Å². The van der Waals surface area contributed by atoms with E-state index in [4.69, 9.17) is 15.8 Å². The number of Topliss-reactive ketones (excluding diaryl/α,β-unsaturated/α-hetero) is 1. The van der Waals surface area contributed by atoms with E-state index in [0.29, 0.717) is 12.6 Å². The van der Waals surface area contributed by atoms with Crippen LogP contribution in [0.4, 0.5) is 0 Å². The molecule has 0 aromatic heterocycles. The Kier molecular flexibility index (Phi) is 9.80. The molecule has 0 bridgehead atoms. The number of ketones is 1. The van der Waals surface area contributed by atoms with Crippen LogP contribution in [0.25, 0.3) is 11.1 Å². The first kappa shape index (κ1) is 16.9. The Labute approximate surface area is 111 Å². The number of hydrogen-bond acceptors (Lipinski definition) is 3. The minimum Gasteiger partial charge on any atom is -0.454 e. The van der Waals surface area contributed by atoms with Gasteiger partial charge in [-0.1, -0.05) is 12.8 Å². The minimum absolute atomic E-state index is 0.187. The topological polar surface area (TPSA) is 116 Å². The summed E-state index contributed by atoms with van der Waals surface area (Å²) in [7, 11) is 0. The van der Waals surface area contributed by atoms with Gasteiger partial charge in [-0.2, -0.15) is 9.58 Å². The van der Waals surface area contributed by atoms with Crippen LogP contribution in [0.2, 0.25) is 0 Å². The number of ether oxygens (including phenoxy) is 1. The SMILES string of the molecule is CC(CCCCCCC(=O)C=[N+]=[N-])OC(=O)C=[N+]=[N-]. The molecule has 0 aliphatic heterocycles. The molecule has 0 aliphatic rings. The normalized spacial score (nSPS) is 10.8. The lowest BCUT2D eigenvalue weighted by molar-refractivity contribution is -0.143. The molecule has 1 atom stereocenters. The van der Waals surface area contributed by atoms with Crippen molar-refractivity contribution in [3.63, 3.8) is 0 Å². The Morgan fingerprint density at radius 3 is 2.37 bits per heavy atom. The molecule has 104 valence electrons. The summed E-state index contributed by atoms with van der Waals surface area (Å²) >= 11 is 0. The highest BCUT2D eigenvalue weighted by atomic mass is 16.5. The molecular weight excluding hydrogens is 248 g/mol. The lowest BCUT2D eigenvalue weighted by Crippen LogP contribution is -2.15. The second-order valence-electron chi connectivity index (χ2n) is 4.16. The highest BCUT2D eigenvalue weighted by Crippen LogP contribution is 2.09. The zero-order chi connectivity index (χ0) is 14.5. The van der Waals surface area contributed by atoms with Crippen molar-refractivity contribution >= 4 is 24.2 Å². The molecule has 0 rings (SSSR count). The van der Waals surface area contributed by atoms with Crippen LogP contribution in [-0.2, 0) is 14.3 Å². The van der Waals surface area contributed by atoms with Gasteiger partial charge in [0.15, 0.2) is 0 Å². The predicted molar refractivity (Wildman–Crippen MR) is 67.6 cm³/mol. The zero-order valence-electron chi connectivity index (χ0n) is 11.0. The van der Waals surface area contributed by atoms with Gasteiger partial charge in [0.25, 0.3) is 0 Å². The van der Waals surface area contributed by atoms with Crippen LogP contribution >= 0.6 is 0 Å². The second-order valence-corrected chi connectivity index (χ2v) is 4.16. The summed E-state index contributed by atoms with van der Waals surface area (Å²) < 4.78 is 4.92. The lowest BCUT2D eigenvalue weighted by atomic mass is 10.1. The third kappa shape index (κ3) is 10.8. The Bertz CT molecular complexity index is 396. The standard InChI is InChI=1S/C12H18N4O3/c1-10(19-12(18)9-16-14)6-4-2-3-5-7-11(17)8-15-13/h8-10H,2-7H2,1H3. The molecule has 1 unspecified atom stereocenters. The van der Waals surface area contributed by atoms with E-state index >= 15 is 0 Å². The molecular formula is C12H18N4O3. The van der Waals surface area contributed by atoms with Gasteiger partial charge >= 0.3 is 18.4 Å². The second kappa shape index (κ2) is 11.0. The number of carbonyl (C=O) groups excluding carboxylic acids is 2. The molecule has 7 heteroatoms. The van der Waals surface area contributed by atoms with Crippen molar-refractivity contribution < 1.29 is 23.9 Å². The van der Waals surface area contributed by atoms with Gasteiger partial charge in [0, 0.05) is 6.42 Å². The van der Waals surface area contributed by atoms with Crippen LogP contribution in [-0.4, -0.2) is 39.9 Å². The summed E-state index contributed by atoms with van der Waals surface area (Å²) in [5.41, 5.74) is 16.3. The molecule has 0 spiro atoms. The molecule has 0 fully saturated rings. The highest BCUT2D eigenvalue weighted by Gasteiger charge is 2.10. The smallest absolute Gasteiger partial charge is 0.413 e. The van der Waals surface area contributed by atoms with Crippen molar-refractivity contribution in [2.24, 2.45) is 0 Å². The molecule has 0 saturated heterocycles. The largest absolute Gasteiger partial charge is 0.454 e. The number of carbonyl (C=O) groups is 2. The molecule has 0 aromatic rings. The number of esters is 1. The average Bonchev–Trinajstić information content (AvgIpc) is 2.34. The van der Waals surface area contributed by atoms with Crippen molar-refractivity contribution in [3.8, 4) is 0 Å². The van der Waals surface area contributed by atoms with Gasteiger partial charge < -0.3 is 15.8 Å². The van der Waals surface area contributed by atoms with E-state index in [9.17, 15) is 9.59 Å². The van der Waals surface area contributed by atoms with E-state index in [1.54, 1.807) is 6.92 Å². The van der Waals surface area contributed by atoms with E-state index in [2.05, 4.69) is 9.58 Å². The van der Waals surface area contributed by atoms with Gasteiger partial charge in [-0.3, -0.25) is 4.79 Å². The first-order valence-electron chi connectivity index (χ1n) is 6.18. The van der Waals surface area contributed by atoms with Gasteiger partial charge in [-0.15, -0.1) is 0 Å². The Morgan fingerprint density at radius 1 is 1.11 bits per heavy atom. The summed E-state index contributed by atoms with van der Waals surface area (Å²) in [5, 5.41) is 0. The van der Waals surface area contributed by atoms with Crippen molar-refractivity contribution in [1.29, 1.82) is 0 Å². The van der Waals surface area contributed by atoms with Gasteiger partial charge in [0.05, 0.1) is 6.10 Å². The number of hydrogen-bond donors (Lipinski definition) is 0. The third-order valence-corrected chi connectivity index (χ3v) is 2.47. The van der Waals surface area contributed by atoms with E-state index in [0.717, 1.165) is 38.3 Å². The lowest BCUT2D eigenvalue weighted by Gasteiger charge is -2.09. The Hall–Kier alpha value is -2.10. The monoisotopic (exact) mass is 266 g/mol. The fourth-order valence-electron chi connectivity index (χ4n) is 1.55. The molecule has 0 heterocycles. The van der Waals surface area contributed by atoms with E-state index in [1.807, 2.05) is 0 Å². The Balaban J connectivity index is 3.53. The average molecular weight is 266 g/mol. The fourth-order valence-corrected chi connectivity index (χ4v) is 1.55. The molecule has 0 amide bonds. The molecule has 0 aromatic carbocycles. The molecule has 0 radical (unpaired) electrons. The highest BCUT2D eigenvalue weighted by molar-refractivity contribution is 6.25. The molecule has 0 saturated carbocycles. The summed E-state index contributed by atoms with van der Waals surface area (Å²) in [4.78, 5) is 27.1. The first-order valence-corrected chi connectivity index (χ1v) is 6.18. The summed E-state index contributed by atoms with van der Waals surface area (Å²) in [6.07, 6.45) is 5.94. The summed E-state index contributed by atoms with van der Waals surface area (Å²) in [5.74, 6) is -0.850. The van der Waals surface area contributed by atoms with Gasteiger partial charge in [-0.25, -0.2) is 4.79 Å². The van der Waals surface area contributed by atoms with Crippen LogP contribution in [0.5, 0.6) is 0 Å². The van der Waals surface area contributed by atoms with Gasteiger partial charge in [0.2, 0.25) is 5.78 Å². The molecule has 7 nitrogen and oxygen atoms in total. The molecule has 0 aliphatic carbocycles. The number of rotatable bonds is 10. The van der Waals surface area contributed by atoms with E-state index in [1.165, 1.54) is 0 Å². The fraction of sp³-hybridized carbons (Fsp3) is 0.667. The number of unbranched alkanes of at least 4 members (excludes halogenated alkanes) is 3. The number of nitrogens with zero attached hydrogens (tertiary/aromatic N) is 4. The predicted octanol–water partition coefficient (Wildman–Crippen LogP) is 1.43. The molecule has 19 heavy (non-hydrogen) atoms. The summed E-state index contributed by atoms with van der Waals surface area (Å²) in [6, 6.07) is 0. The van der Waals surface area contributed by atoms with Crippen LogP contribution in [0.3, 0.4) is 0 Å². The minimum atomic E-state index is -0.663. The first-order chi connectivity index (χ1) is 9.10. The van der Waals surface area contributed by atoms with Crippen LogP contribution in [0.1, 0.15) is 45.4 Å². The van der Waals surface area contributed by atoms with E-state index < -0.39 is 5.97 Å². The van der Waals surface area contributed by atoms with Crippen molar-refractivity contribution in [2.45, 2.75) is 51.6 Å². The van der Waals surface area contributed by atoms with Crippen molar-refractivity contribution in [2.75, 3.05) is 0 Å². The zero-order valence-corrected chi connectivity index (χ0v) is 11.0. The third-order valence-electron chi connectivity index (χ3n) is 2.47. The maximum Gasteiger partial charge on any atom is 0.413 e. The van der Waals surface area contributed by atoms with Crippen molar-refractivity contribution in [1.82, 2.24) is 0 Å². The van der Waals surface area contributed by atoms with Gasteiger partial charge in [0.1, 0.15) is 0 Å². The van der Waals surface area contributed by atoms with Crippen LogP contribution in [0, 0.1) is 0 Å². The maximum absolute atomic E-state index is 11.0. The summed E-state index contributed by atoms with van der Waals surface area (Å²) in [6.45, 7) is 1.77. The molecule has 0 N–H and O–H groups in total. The maximum atomic E-state index is 11.0. The van der Waals surface area contributed by atoms with Crippen LogP contribution in [0.15, 0.2) is 0 Å². The Morgan fingerprint density at radius 2 is 1.74 bits per heavy atom. The van der Waals surface area contributed by atoms with Crippen LogP contribution < -0.4 is 0 Å².